The Kier molecular flexibility index (Phi) is 3.39. The molecule has 3 nitrogen and oxygen atoms in total. The average Bonchev–Trinajstić information content (AvgIpc) is 2.18. The second-order valence-corrected chi connectivity index (χ2v) is 4.06. The molecule has 1 aromatic rings. The highest BCUT2D eigenvalue weighted by atomic mass is 19.1. The molecule has 0 aliphatic rings. The van der Waals surface area contributed by atoms with Crippen LogP contribution in [0.15, 0.2) is 18.3 Å². The number of nitrogens with one attached hydrogen (secondary N) is 1. The van der Waals surface area contributed by atoms with E-state index < -0.39 is 5.95 Å². The molecule has 0 fully saturated rings. The first kappa shape index (κ1) is 11.6. The van der Waals surface area contributed by atoms with Crippen LogP contribution in [-0.2, 0) is 0 Å². The number of halogens is 1. The quantitative estimate of drug-likeness (QED) is 0.776. The van der Waals surface area contributed by atoms with E-state index in [9.17, 15) is 9.18 Å². The number of carbonyl (C=O) groups excluding carboxylic acids is 1. The number of nitrogens with zero attached hydrogens (tertiary/aromatic N) is 1. The van der Waals surface area contributed by atoms with Gasteiger partial charge < -0.3 is 5.32 Å². The zero-order valence-electron chi connectivity index (χ0n) is 9.17. The number of hydrogen-bond acceptors (Lipinski definition) is 2. The van der Waals surface area contributed by atoms with Crippen LogP contribution in [0.25, 0.3) is 0 Å². The average molecular weight is 210 g/mol. The fourth-order valence-corrected chi connectivity index (χ4v) is 0.978. The Morgan fingerprint density at radius 2 is 2.20 bits per heavy atom. The van der Waals surface area contributed by atoms with E-state index in [1.165, 1.54) is 18.3 Å². The van der Waals surface area contributed by atoms with Gasteiger partial charge in [-0.2, -0.15) is 4.39 Å². The van der Waals surface area contributed by atoms with Gasteiger partial charge in [0.1, 0.15) is 0 Å². The highest BCUT2D eigenvalue weighted by Crippen LogP contribution is 2.09. The van der Waals surface area contributed by atoms with Crippen molar-refractivity contribution in [2.75, 3.05) is 0 Å². The molecule has 0 atom stereocenters. The molecule has 0 aromatic carbocycles. The van der Waals surface area contributed by atoms with Crippen molar-refractivity contribution >= 4 is 5.91 Å². The Morgan fingerprint density at radius 3 is 2.67 bits per heavy atom. The van der Waals surface area contributed by atoms with Gasteiger partial charge in [-0.05, 0) is 32.4 Å². The maximum absolute atomic E-state index is 12.5. The van der Waals surface area contributed by atoms with Gasteiger partial charge in [-0.25, -0.2) is 4.98 Å². The summed E-state index contributed by atoms with van der Waals surface area (Å²) in [5.41, 5.74) is 0.115. The number of rotatable bonds is 3. The minimum absolute atomic E-state index is 0.227. The van der Waals surface area contributed by atoms with Crippen molar-refractivity contribution in [2.24, 2.45) is 0 Å². The van der Waals surface area contributed by atoms with E-state index in [1.807, 2.05) is 20.8 Å². The maximum Gasteiger partial charge on any atom is 0.253 e. The summed E-state index contributed by atoms with van der Waals surface area (Å²) in [4.78, 5) is 15.1. The normalized spacial score (nSPS) is 11.2. The van der Waals surface area contributed by atoms with Crippen molar-refractivity contribution in [1.82, 2.24) is 10.3 Å². The molecule has 1 rings (SSSR count). The molecular formula is C11H15FN2O. The Hall–Kier alpha value is -1.45. The highest BCUT2D eigenvalue weighted by Gasteiger charge is 2.18. The first-order valence-corrected chi connectivity index (χ1v) is 4.88. The van der Waals surface area contributed by atoms with Crippen molar-refractivity contribution in [3.8, 4) is 0 Å². The number of hydrogen-bond donors (Lipinski definition) is 1. The summed E-state index contributed by atoms with van der Waals surface area (Å²) in [5.74, 6) is -0.810. The lowest BCUT2D eigenvalue weighted by atomic mass is 10.0. The van der Waals surface area contributed by atoms with Crippen LogP contribution in [0.3, 0.4) is 0 Å². The van der Waals surface area contributed by atoms with Crippen molar-refractivity contribution in [3.05, 3.63) is 29.8 Å². The maximum atomic E-state index is 12.5. The lowest BCUT2D eigenvalue weighted by Crippen LogP contribution is -2.42. The van der Waals surface area contributed by atoms with Crippen molar-refractivity contribution in [3.63, 3.8) is 0 Å². The second kappa shape index (κ2) is 4.38. The fourth-order valence-electron chi connectivity index (χ4n) is 0.978. The number of carbonyl (C=O) groups is 1. The Labute approximate surface area is 88.7 Å². The summed E-state index contributed by atoms with van der Waals surface area (Å²) in [6.07, 6.45) is 2.06. The third-order valence-electron chi connectivity index (χ3n) is 2.33. The van der Waals surface area contributed by atoms with Crippen LogP contribution in [0.2, 0.25) is 0 Å². The molecule has 0 aliphatic heterocycles. The molecule has 15 heavy (non-hydrogen) atoms. The molecule has 82 valence electrons. The van der Waals surface area contributed by atoms with Crippen LogP contribution in [0.1, 0.15) is 37.6 Å². The van der Waals surface area contributed by atoms with Gasteiger partial charge in [0, 0.05) is 11.7 Å². The van der Waals surface area contributed by atoms with E-state index in [4.69, 9.17) is 0 Å². The summed E-state index contributed by atoms with van der Waals surface area (Å²) < 4.78 is 12.5. The molecule has 1 aromatic heterocycles. The molecule has 0 saturated carbocycles. The lowest BCUT2D eigenvalue weighted by molar-refractivity contribution is 0.0911. The molecule has 0 aliphatic carbocycles. The third kappa shape index (κ3) is 3.31. The van der Waals surface area contributed by atoms with Crippen molar-refractivity contribution < 1.29 is 9.18 Å². The minimum Gasteiger partial charge on any atom is -0.347 e. The van der Waals surface area contributed by atoms with Gasteiger partial charge >= 0.3 is 0 Å². The smallest absolute Gasteiger partial charge is 0.253 e. The van der Waals surface area contributed by atoms with E-state index in [-0.39, 0.29) is 11.4 Å². The number of amides is 1. The Morgan fingerprint density at radius 1 is 1.53 bits per heavy atom. The van der Waals surface area contributed by atoms with E-state index in [0.29, 0.717) is 5.56 Å². The van der Waals surface area contributed by atoms with Crippen LogP contribution < -0.4 is 5.32 Å². The van der Waals surface area contributed by atoms with Gasteiger partial charge in [-0.1, -0.05) is 6.92 Å². The number of pyridine rings is 1. The zero-order valence-corrected chi connectivity index (χ0v) is 9.17. The SMILES string of the molecule is CCC(C)(C)NC(=O)c1ccc(F)nc1. The van der Waals surface area contributed by atoms with Crippen LogP contribution >= 0.6 is 0 Å². The topological polar surface area (TPSA) is 42.0 Å². The summed E-state index contributed by atoms with van der Waals surface area (Å²) in [6, 6.07) is 2.59. The second-order valence-electron chi connectivity index (χ2n) is 4.06. The largest absolute Gasteiger partial charge is 0.347 e. The Balaban J connectivity index is 2.74. The molecular weight excluding hydrogens is 195 g/mol. The molecule has 0 bridgehead atoms. The Bertz CT molecular complexity index is 346. The van der Waals surface area contributed by atoms with E-state index in [1.54, 1.807) is 0 Å². The van der Waals surface area contributed by atoms with Gasteiger partial charge in [-0.3, -0.25) is 4.79 Å². The molecule has 1 N–H and O–H groups in total. The summed E-state index contributed by atoms with van der Waals surface area (Å²) in [7, 11) is 0. The van der Waals surface area contributed by atoms with Crippen LogP contribution in [0.5, 0.6) is 0 Å². The monoisotopic (exact) mass is 210 g/mol. The van der Waals surface area contributed by atoms with Gasteiger partial charge in [0.15, 0.2) is 0 Å². The first-order valence-electron chi connectivity index (χ1n) is 4.88. The van der Waals surface area contributed by atoms with Gasteiger partial charge in [0.25, 0.3) is 5.91 Å². The molecule has 0 radical (unpaired) electrons. The van der Waals surface area contributed by atoms with E-state index in [2.05, 4.69) is 10.3 Å². The predicted molar refractivity (Wildman–Crippen MR) is 56.0 cm³/mol. The minimum atomic E-state index is -0.582. The standard InChI is InChI=1S/C11H15FN2O/c1-4-11(2,3)14-10(15)8-5-6-9(12)13-7-8/h5-7H,4H2,1-3H3,(H,14,15). The molecule has 0 saturated heterocycles. The van der Waals surface area contributed by atoms with Crippen LogP contribution in [0.4, 0.5) is 4.39 Å². The van der Waals surface area contributed by atoms with Gasteiger partial charge in [0.05, 0.1) is 5.56 Å². The van der Waals surface area contributed by atoms with E-state index >= 15 is 0 Å². The summed E-state index contributed by atoms with van der Waals surface area (Å²) >= 11 is 0. The summed E-state index contributed by atoms with van der Waals surface area (Å²) in [5, 5.41) is 2.84. The molecule has 1 heterocycles. The molecule has 4 heteroatoms. The van der Waals surface area contributed by atoms with Gasteiger partial charge in [0.2, 0.25) is 5.95 Å². The highest BCUT2D eigenvalue weighted by molar-refractivity contribution is 5.94. The third-order valence-corrected chi connectivity index (χ3v) is 2.33. The van der Waals surface area contributed by atoms with Crippen molar-refractivity contribution in [1.29, 1.82) is 0 Å². The lowest BCUT2D eigenvalue weighted by Gasteiger charge is -2.24. The predicted octanol–water partition coefficient (Wildman–Crippen LogP) is 2.14. The fraction of sp³-hybridized carbons (Fsp3) is 0.455. The molecule has 1 amide bonds. The van der Waals surface area contributed by atoms with Crippen molar-refractivity contribution in [2.45, 2.75) is 32.7 Å². The zero-order chi connectivity index (χ0) is 11.5. The summed E-state index contributed by atoms with van der Waals surface area (Å²) in [6.45, 7) is 5.85. The first-order chi connectivity index (χ1) is 6.94. The van der Waals surface area contributed by atoms with Crippen LogP contribution in [0, 0.1) is 5.95 Å². The molecule has 0 unspecified atom stereocenters. The van der Waals surface area contributed by atoms with Crippen LogP contribution in [-0.4, -0.2) is 16.4 Å². The number of aromatic nitrogens is 1. The van der Waals surface area contributed by atoms with Gasteiger partial charge in [-0.15, -0.1) is 0 Å². The van der Waals surface area contributed by atoms with E-state index in [0.717, 1.165) is 6.42 Å². The molecule has 0 spiro atoms.